The highest BCUT2D eigenvalue weighted by Gasteiger charge is 2.39. The molecule has 220 valence electrons. The Kier molecular flexibility index (Phi) is 8.55. The van der Waals surface area contributed by atoms with Crippen molar-refractivity contribution in [2.75, 3.05) is 51.8 Å². The molecule has 3 unspecified atom stereocenters. The van der Waals surface area contributed by atoms with Crippen LogP contribution in [0.3, 0.4) is 0 Å². The van der Waals surface area contributed by atoms with Gasteiger partial charge in [-0.2, -0.15) is 5.26 Å². The van der Waals surface area contributed by atoms with E-state index < -0.39 is 5.60 Å². The van der Waals surface area contributed by atoms with Gasteiger partial charge in [0.05, 0.1) is 34.8 Å². The Morgan fingerprint density at radius 3 is 2.51 bits per heavy atom. The Morgan fingerprint density at radius 1 is 1.15 bits per heavy atom. The van der Waals surface area contributed by atoms with Crippen molar-refractivity contribution in [3.8, 4) is 6.07 Å². The second kappa shape index (κ2) is 12.0. The lowest BCUT2D eigenvalue weighted by molar-refractivity contribution is 0.0157. The number of carbonyl (C=O) groups is 1. The number of ether oxygens (including phenoxy) is 2. The standard InChI is InChI=1S/C32H44N6O3/c1-22-18-37(15-16-38(22)31(39)41-32(2,3)4)30-24(17-33)29(26-13-10-14-35(26)5)34-25-20-36(21-27(40-6)28(25)30)19-23-11-8-7-9-12-23/h7-9,11-12,22,26-27H,10,13-16,18-21H2,1-6H3. The summed E-state index contributed by atoms with van der Waals surface area (Å²) in [6.45, 7) is 12.7. The number of anilines is 1. The number of methoxy groups -OCH3 is 1. The molecule has 9 nitrogen and oxygen atoms in total. The monoisotopic (exact) mass is 560 g/mol. The SMILES string of the molecule is COC1CN(Cc2ccccc2)Cc2nc(C3CCCN3C)c(C#N)c(N3CCN(C(=O)OC(C)(C)C)C(C)C3)c21. The first-order valence-corrected chi connectivity index (χ1v) is 14.8. The van der Waals surface area contributed by atoms with E-state index in [1.165, 1.54) is 5.56 Å². The second-order valence-corrected chi connectivity index (χ2v) is 12.7. The first kappa shape index (κ1) is 29.3. The average Bonchev–Trinajstić information content (AvgIpc) is 3.36. The third-order valence-corrected chi connectivity index (χ3v) is 8.49. The molecule has 0 aliphatic carbocycles. The molecule has 1 aromatic heterocycles. The average molecular weight is 561 g/mol. The summed E-state index contributed by atoms with van der Waals surface area (Å²) >= 11 is 0. The second-order valence-electron chi connectivity index (χ2n) is 12.7. The summed E-state index contributed by atoms with van der Waals surface area (Å²) in [5.74, 6) is 0. The van der Waals surface area contributed by atoms with Crippen LogP contribution < -0.4 is 4.90 Å². The molecule has 2 aromatic rings. The van der Waals surface area contributed by atoms with Crippen LogP contribution in [0.1, 0.15) is 80.8 Å². The van der Waals surface area contributed by atoms with Crippen molar-refractivity contribution in [1.29, 1.82) is 5.26 Å². The first-order chi connectivity index (χ1) is 19.6. The summed E-state index contributed by atoms with van der Waals surface area (Å²) in [6.07, 6.45) is 1.57. The number of hydrogen-bond donors (Lipinski definition) is 0. The van der Waals surface area contributed by atoms with E-state index in [0.29, 0.717) is 38.3 Å². The van der Waals surface area contributed by atoms with Crippen molar-refractivity contribution in [2.24, 2.45) is 0 Å². The molecule has 3 aliphatic rings. The van der Waals surface area contributed by atoms with Crippen LogP contribution in [-0.2, 0) is 22.6 Å². The van der Waals surface area contributed by atoms with Gasteiger partial charge in [0.2, 0.25) is 0 Å². The molecule has 4 heterocycles. The molecule has 0 bridgehead atoms. The van der Waals surface area contributed by atoms with Crippen LogP contribution in [0.2, 0.25) is 0 Å². The molecule has 1 aromatic carbocycles. The van der Waals surface area contributed by atoms with Crippen molar-refractivity contribution >= 4 is 11.8 Å². The molecule has 0 radical (unpaired) electrons. The summed E-state index contributed by atoms with van der Waals surface area (Å²) in [5, 5.41) is 10.6. The Balaban J connectivity index is 1.54. The summed E-state index contributed by atoms with van der Waals surface area (Å²) < 4.78 is 11.8. The molecule has 1 amide bonds. The van der Waals surface area contributed by atoms with E-state index in [1.807, 2.05) is 31.7 Å². The van der Waals surface area contributed by atoms with Gasteiger partial charge in [0, 0.05) is 58.0 Å². The Labute approximate surface area is 244 Å². The molecule has 3 atom stereocenters. The van der Waals surface area contributed by atoms with Gasteiger partial charge in [-0.3, -0.25) is 14.8 Å². The largest absolute Gasteiger partial charge is 0.444 e. The number of nitrogens with zero attached hydrogens (tertiary/aromatic N) is 6. The summed E-state index contributed by atoms with van der Waals surface area (Å²) in [6, 6.07) is 13.1. The van der Waals surface area contributed by atoms with Crippen LogP contribution in [0.5, 0.6) is 0 Å². The van der Waals surface area contributed by atoms with Crippen LogP contribution in [0.25, 0.3) is 0 Å². The van der Waals surface area contributed by atoms with E-state index in [9.17, 15) is 10.1 Å². The van der Waals surface area contributed by atoms with Crippen molar-refractivity contribution in [1.82, 2.24) is 19.7 Å². The number of fused-ring (bicyclic) bond motifs is 1. The molecule has 2 fully saturated rings. The van der Waals surface area contributed by atoms with Crippen molar-refractivity contribution in [2.45, 2.75) is 77.4 Å². The van der Waals surface area contributed by atoms with Gasteiger partial charge in [0.1, 0.15) is 11.7 Å². The number of pyridine rings is 1. The fourth-order valence-electron chi connectivity index (χ4n) is 6.56. The molecule has 9 heteroatoms. The quantitative estimate of drug-likeness (QED) is 0.512. The zero-order valence-corrected chi connectivity index (χ0v) is 25.4. The fourth-order valence-corrected chi connectivity index (χ4v) is 6.56. The van der Waals surface area contributed by atoms with Gasteiger partial charge in [0.25, 0.3) is 0 Å². The minimum Gasteiger partial charge on any atom is -0.444 e. The van der Waals surface area contributed by atoms with Gasteiger partial charge in [0.15, 0.2) is 0 Å². The molecule has 3 aliphatic heterocycles. The van der Waals surface area contributed by atoms with Crippen LogP contribution in [0, 0.1) is 11.3 Å². The minimum absolute atomic E-state index is 0.0780. The highest BCUT2D eigenvalue weighted by atomic mass is 16.6. The Bertz CT molecular complexity index is 1290. The minimum atomic E-state index is -0.550. The molecular weight excluding hydrogens is 516 g/mol. The molecule has 0 spiro atoms. The predicted octanol–water partition coefficient (Wildman–Crippen LogP) is 4.87. The fraction of sp³-hybridized carbons (Fsp3) is 0.594. The maximum absolute atomic E-state index is 13.0. The number of piperazine rings is 1. The van der Waals surface area contributed by atoms with E-state index >= 15 is 0 Å². The van der Waals surface area contributed by atoms with Crippen LogP contribution in [0.4, 0.5) is 10.5 Å². The molecule has 41 heavy (non-hydrogen) atoms. The van der Waals surface area contributed by atoms with Gasteiger partial charge in [-0.25, -0.2) is 4.79 Å². The number of likely N-dealkylation sites (tertiary alicyclic amines) is 1. The number of rotatable bonds is 5. The van der Waals surface area contributed by atoms with E-state index in [4.69, 9.17) is 14.5 Å². The molecule has 0 N–H and O–H groups in total. The van der Waals surface area contributed by atoms with Gasteiger partial charge < -0.3 is 19.3 Å². The lowest BCUT2D eigenvalue weighted by Crippen LogP contribution is -2.55. The van der Waals surface area contributed by atoms with Crippen molar-refractivity contribution in [3.05, 3.63) is 58.4 Å². The maximum atomic E-state index is 13.0. The highest BCUT2D eigenvalue weighted by Crippen LogP contribution is 2.43. The summed E-state index contributed by atoms with van der Waals surface area (Å²) in [4.78, 5) is 27.0. The van der Waals surface area contributed by atoms with Gasteiger partial charge >= 0.3 is 6.09 Å². The van der Waals surface area contributed by atoms with E-state index in [-0.39, 0.29) is 24.3 Å². The first-order valence-electron chi connectivity index (χ1n) is 14.8. The molecular formula is C32H44N6O3. The molecule has 5 rings (SSSR count). The third-order valence-electron chi connectivity index (χ3n) is 8.49. The normalized spacial score (nSPS) is 23.8. The van der Waals surface area contributed by atoms with E-state index in [0.717, 1.165) is 48.6 Å². The van der Waals surface area contributed by atoms with Gasteiger partial charge in [-0.1, -0.05) is 30.3 Å². The lowest BCUT2D eigenvalue weighted by Gasteiger charge is -2.44. The molecule has 2 saturated heterocycles. The number of amides is 1. The zero-order valence-electron chi connectivity index (χ0n) is 25.4. The number of benzene rings is 1. The molecule has 0 saturated carbocycles. The lowest BCUT2D eigenvalue weighted by atomic mass is 9.92. The maximum Gasteiger partial charge on any atom is 0.410 e. The zero-order chi connectivity index (χ0) is 29.3. The van der Waals surface area contributed by atoms with E-state index in [2.05, 4.69) is 59.0 Å². The van der Waals surface area contributed by atoms with Crippen LogP contribution in [0.15, 0.2) is 30.3 Å². The summed E-state index contributed by atoms with van der Waals surface area (Å²) in [5.41, 5.74) is 5.18. The number of hydrogen-bond acceptors (Lipinski definition) is 8. The van der Waals surface area contributed by atoms with Gasteiger partial charge in [-0.05, 0) is 59.7 Å². The van der Waals surface area contributed by atoms with Crippen LogP contribution >= 0.6 is 0 Å². The highest BCUT2D eigenvalue weighted by molar-refractivity contribution is 5.72. The topological polar surface area (TPSA) is 85.2 Å². The smallest absolute Gasteiger partial charge is 0.410 e. The van der Waals surface area contributed by atoms with Crippen molar-refractivity contribution < 1.29 is 14.3 Å². The van der Waals surface area contributed by atoms with Gasteiger partial charge in [-0.15, -0.1) is 0 Å². The van der Waals surface area contributed by atoms with E-state index in [1.54, 1.807) is 7.11 Å². The van der Waals surface area contributed by atoms with Crippen molar-refractivity contribution in [3.63, 3.8) is 0 Å². The number of aromatic nitrogens is 1. The number of nitriles is 1. The van der Waals surface area contributed by atoms with Crippen LogP contribution in [-0.4, -0.2) is 84.3 Å². The third kappa shape index (κ3) is 6.20. The predicted molar refractivity (Wildman–Crippen MR) is 158 cm³/mol. The Hall–Kier alpha value is -3.19. The number of carbonyl (C=O) groups excluding carboxylic acids is 1. The summed E-state index contributed by atoms with van der Waals surface area (Å²) in [7, 11) is 3.87. The Morgan fingerprint density at radius 2 is 1.90 bits per heavy atom.